The highest BCUT2D eigenvalue weighted by Gasteiger charge is 2.60. The van der Waals surface area contributed by atoms with Crippen LogP contribution in [0.5, 0.6) is 0 Å². The number of hydrogen-bond donors (Lipinski definition) is 4. The Balaban J connectivity index is 1.34. The smallest absolute Gasteiger partial charge is 0.241 e. The first kappa shape index (κ1) is 21.7. The van der Waals surface area contributed by atoms with E-state index in [1.54, 1.807) is 24.3 Å². The van der Waals surface area contributed by atoms with Crippen LogP contribution in [-0.2, 0) is 9.59 Å². The van der Waals surface area contributed by atoms with Gasteiger partial charge in [-0.15, -0.1) is 0 Å². The van der Waals surface area contributed by atoms with Crippen LogP contribution < -0.4 is 16.4 Å². The third-order valence-corrected chi connectivity index (χ3v) is 8.39. The van der Waals surface area contributed by atoms with Gasteiger partial charge in [0.2, 0.25) is 11.8 Å². The number of carbonyl (C=O) groups excluding carboxylic acids is 2. The molecule has 0 radical (unpaired) electrons. The van der Waals surface area contributed by atoms with Crippen LogP contribution >= 0.6 is 0 Å². The molecule has 33 heavy (non-hydrogen) atoms. The van der Waals surface area contributed by atoms with Gasteiger partial charge in [-0.05, 0) is 92.0 Å². The van der Waals surface area contributed by atoms with E-state index in [0.29, 0.717) is 22.7 Å². The van der Waals surface area contributed by atoms with Crippen LogP contribution in [-0.4, -0.2) is 23.7 Å². The predicted octanol–water partition coefficient (Wildman–Crippen LogP) is 4.02. The molecular formula is C27H32N4O2. The molecule has 0 heterocycles. The molecule has 6 heteroatoms. The standard InChI is InChI=1S/C27H32N4O2/c1-16(27-14-17-11-18(15-27)13-21(27)12-17)30-25(32)23(19-5-3-2-4-6-19)26(33)31-22-9-7-20(8-10-22)24(28)29/h2-10,16-18,21,23H,11-15H2,1H3,(H3,28,29)(H,30,32)(H,31,33). The van der Waals surface area contributed by atoms with Crippen LogP contribution in [0.4, 0.5) is 5.69 Å². The second kappa shape index (κ2) is 8.32. The monoisotopic (exact) mass is 444 g/mol. The van der Waals surface area contributed by atoms with Crippen LogP contribution in [0, 0.1) is 28.6 Å². The molecule has 2 amide bonds. The normalized spacial score (nSPS) is 28.8. The van der Waals surface area contributed by atoms with E-state index >= 15 is 0 Å². The summed E-state index contributed by atoms with van der Waals surface area (Å²) >= 11 is 0. The SMILES string of the molecule is CC(NC(=O)C(C(=O)Nc1ccc(C(=N)N)cc1)c1ccccc1)C12CC3CC(CC1C3)C2. The van der Waals surface area contributed by atoms with Crippen molar-refractivity contribution in [2.75, 3.05) is 5.32 Å². The van der Waals surface area contributed by atoms with Crippen molar-refractivity contribution in [3.05, 3.63) is 65.7 Å². The summed E-state index contributed by atoms with van der Waals surface area (Å²) < 4.78 is 0. The summed E-state index contributed by atoms with van der Waals surface area (Å²) in [5, 5.41) is 13.7. The molecule has 0 saturated heterocycles. The molecule has 172 valence electrons. The summed E-state index contributed by atoms with van der Waals surface area (Å²) in [5.41, 5.74) is 7.54. The van der Waals surface area contributed by atoms with E-state index in [-0.39, 0.29) is 29.1 Å². The summed E-state index contributed by atoms with van der Waals surface area (Å²) in [7, 11) is 0. The quantitative estimate of drug-likeness (QED) is 0.294. The lowest BCUT2D eigenvalue weighted by Gasteiger charge is -2.39. The molecular weight excluding hydrogens is 412 g/mol. The van der Waals surface area contributed by atoms with Crippen molar-refractivity contribution in [3.8, 4) is 0 Å². The Morgan fingerprint density at radius 2 is 1.61 bits per heavy atom. The van der Waals surface area contributed by atoms with Gasteiger partial charge >= 0.3 is 0 Å². The molecule has 4 atom stereocenters. The van der Waals surface area contributed by atoms with Crippen LogP contribution in [0.3, 0.4) is 0 Å². The molecule has 4 saturated carbocycles. The number of nitrogens with one attached hydrogen (secondary N) is 3. The van der Waals surface area contributed by atoms with E-state index < -0.39 is 5.92 Å². The Hall–Kier alpha value is -3.15. The largest absolute Gasteiger partial charge is 0.384 e. The number of nitrogen functional groups attached to an aromatic ring is 1. The fraction of sp³-hybridized carbons (Fsp3) is 0.444. The maximum absolute atomic E-state index is 13.5. The Labute approximate surface area is 194 Å². The number of nitrogens with two attached hydrogens (primary N) is 1. The molecule has 0 aliphatic heterocycles. The summed E-state index contributed by atoms with van der Waals surface area (Å²) in [6, 6.07) is 16.1. The number of hydrogen-bond acceptors (Lipinski definition) is 3. The third-order valence-electron chi connectivity index (χ3n) is 8.39. The molecule has 4 aliphatic carbocycles. The molecule has 4 aliphatic rings. The van der Waals surface area contributed by atoms with Crippen LogP contribution in [0.15, 0.2) is 54.6 Å². The van der Waals surface area contributed by atoms with E-state index in [9.17, 15) is 9.59 Å². The maximum atomic E-state index is 13.5. The summed E-state index contributed by atoms with van der Waals surface area (Å²) in [5.74, 6) is 0.760. The molecule has 6 nitrogen and oxygen atoms in total. The lowest BCUT2D eigenvalue weighted by atomic mass is 9.71. The number of anilines is 1. The molecule has 0 aromatic heterocycles. The second-order valence-electron chi connectivity index (χ2n) is 10.3. The minimum atomic E-state index is -0.937. The molecule has 2 aromatic carbocycles. The Morgan fingerprint density at radius 1 is 0.970 bits per heavy atom. The molecule has 4 unspecified atom stereocenters. The third kappa shape index (κ3) is 3.92. The minimum Gasteiger partial charge on any atom is -0.384 e. The van der Waals surface area contributed by atoms with Crippen molar-refractivity contribution in [2.45, 2.75) is 51.0 Å². The fourth-order valence-corrected chi connectivity index (χ4v) is 7.02. The first-order chi connectivity index (χ1) is 15.9. The minimum absolute atomic E-state index is 0.0301. The van der Waals surface area contributed by atoms with E-state index in [2.05, 4.69) is 17.6 Å². The van der Waals surface area contributed by atoms with E-state index in [4.69, 9.17) is 11.1 Å². The summed E-state index contributed by atoms with van der Waals surface area (Å²) in [4.78, 5) is 26.9. The van der Waals surface area contributed by atoms with Crippen LogP contribution in [0.2, 0.25) is 0 Å². The highest BCUT2D eigenvalue weighted by atomic mass is 16.2. The van der Waals surface area contributed by atoms with E-state index in [0.717, 1.165) is 11.8 Å². The zero-order chi connectivity index (χ0) is 23.2. The Bertz CT molecular complexity index is 1050. The maximum Gasteiger partial charge on any atom is 0.241 e. The van der Waals surface area contributed by atoms with Gasteiger partial charge in [-0.2, -0.15) is 0 Å². The lowest BCUT2D eigenvalue weighted by molar-refractivity contribution is -0.130. The highest BCUT2D eigenvalue weighted by molar-refractivity contribution is 6.11. The molecule has 0 spiro atoms. The van der Waals surface area contributed by atoms with Crippen molar-refractivity contribution in [1.29, 1.82) is 5.41 Å². The van der Waals surface area contributed by atoms with Gasteiger partial charge in [-0.3, -0.25) is 15.0 Å². The Morgan fingerprint density at radius 3 is 2.21 bits per heavy atom. The van der Waals surface area contributed by atoms with Crippen LogP contribution in [0.1, 0.15) is 56.1 Å². The van der Waals surface area contributed by atoms with Crippen molar-refractivity contribution >= 4 is 23.3 Å². The second-order valence-corrected chi connectivity index (χ2v) is 10.3. The van der Waals surface area contributed by atoms with Gasteiger partial charge in [-0.25, -0.2) is 0 Å². The molecule has 5 N–H and O–H groups in total. The molecule has 4 fully saturated rings. The van der Waals surface area contributed by atoms with Crippen molar-refractivity contribution in [3.63, 3.8) is 0 Å². The van der Waals surface area contributed by atoms with Crippen molar-refractivity contribution in [2.24, 2.45) is 28.9 Å². The topological polar surface area (TPSA) is 108 Å². The van der Waals surface area contributed by atoms with Gasteiger partial charge < -0.3 is 16.4 Å². The number of benzene rings is 2. The van der Waals surface area contributed by atoms with Gasteiger partial charge in [0.05, 0.1) is 0 Å². The molecule has 2 aromatic rings. The fourth-order valence-electron chi connectivity index (χ4n) is 7.02. The number of rotatable bonds is 7. The number of amidine groups is 1. The average molecular weight is 445 g/mol. The predicted molar refractivity (Wildman–Crippen MR) is 129 cm³/mol. The first-order valence-electron chi connectivity index (χ1n) is 12.0. The van der Waals surface area contributed by atoms with E-state index in [1.807, 2.05) is 30.3 Å². The van der Waals surface area contributed by atoms with Gasteiger partial charge in [0, 0.05) is 17.3 Å². The zero-order valence-electron chi connectivity index (χ0n) is 19.0. The molecule has 4 bridgehead atoms. The van der Waals surface area contributed by atoms with Gasteiger partial charge in [0.25, 0.3) is 0 Å². The summed E-state index contributed by atoms with van der Waals surface area (Å²) in [6.07, 6.45) is 6.38. The van der Waals surface area contributed by atoms with Crippen molar-refractivity contribution in [1.82, 2.24) is 5.32 Å². The average Bonchev–Trinajstić information content (AvgIpc) is 3.19. The van der Waals surface area contributed by atoms with Crippen molar-refractivity contribution < 1.29 is 9.59 Å². The first-order valence-corrected chi connectivity index (χ1v) is 12.0. The highest BCUT2D eigenvalue weighted by Crippen LogP contribution is 2.66. The van der Waals surface area contributed by atoms with Crippen LogP contribution in [0.25, 0.3) is 0 Å². The lowest BCUT2D eigenvalue weighted by Crippen LogP contribution is -2.49. The van der Waals surface area contributed by atoms with Gasteiger partial charge in [0.1, 0.15) is 11.8 Å². The zero-order valence-corrected chi connectivity index (χ0v) is 19.0. The Kier molecular flexibility index (Phi) is 5.47. The van der Waals surface area contributed by atoms with E-state index in [1.165, 1.54) is 32.1 Å². The van der Waals surface area contributed by atoms with Gasteiger partial charge in [-0.1, -0.05) is 30.3 Å². The number of carbonyl (C=O) groups is 2. The molecule has 6 rings (SSSR count). The summed E-state index contributed by atoms with van der Waals surface area (Å²) in [6.45, 7) is 2.14. The van der Waals surface area contributed by atoms with Gasteiger partial charge in [0.15, 0.2) is 0 Å². The number of amides is 2.